The summed E-state index contributed by atoms with van der Waals surface area (Å²) < 4.78 is 23.0. The molecular weight excluding hydrogens is 314 g/mol. The van der Waals surface area contributed by atoms with Crippen molar-refractivity contribution in [3.05, 3.63) is 48.2 Å². The molecule has 1 fully saturated rings. The van der Waals surface area contributed by atoms with E-state index >= 15 is 0 Å². The molecule has 1 aliphatic rings. The number of phenols is 1. The van der Waals surface area contributed by atoms with Gasteiger partial charge < -0.3 is 15.3 Å². The summed E-state index contributed by atoms with van der Waals surface area (Å²) in [6.45, 7) is 2.34. The van der Waals surface area contributed by atoms with Gasteiger partial charge in [-0.15, -0.1) is 0 Å². The standard InChI is InChI=1S/C16H19N3O3S/c1-23(21,22)14-6-7-16(18-10-14)19-9-8-17-15(11-19)12-2-4-13(20)5-3-12/h2-7,10,15,17,20H,8-9,11H2,1H3. The molecule has 122 valence electrons. The van der Waals surface area contributed by atoms with Gasteiger partial charge in [-0.05, 0) is 29.8 Å². The monoisotopic (exact) mass is 333 g/mol. The maximum Gasteiger partial charge on any atom is 0.177 e. The van der Waals surface area contributed by atoms with Gasteiger partial charge in [0.15, 0.2) is 9.84 Å². The molecule has 1 saturated heterocycles. The third-order valence-corrected chi connectivity index (χ3v) is 5.04. The summed E-state index contributed by atoms with van der Waals surface area (Å²) in [6, 6.07) is 10.6. The van der Waals surface area contributed by atoms with E-state index < -0.39 is 9.84 Å². The zero-order valence-electron chi connectivity index (χ0n) is 12.8. The largest absolute Gasteiger partial charge is 0.508 e. The molecule has 1 aromatic carbocycles. The van der Waals surface area contributed by atoms with Gasteiger partial charge in [0.05, 0.1) is 4.90 Å². The number of benzene rings is 1. The lowest BCUT2D eigenvalue weighted by atomic mass is 10.0. The maximum absolute atomic E-state index is 11.5. The quantitative estimate of drug-likeness (QED) is 0.882. The predicted octanol–water partition coefficient (Wildman–Crippen LogP) is 1.34. The van der Waals surface area contributed by atoms with E-state index in [4.69, 9.17) is 0 Å². The topological polar surface area (TPSA) is 82.5 Å². The molecule has 0 radical (unpaired) electrons. The lowest BCUT2D eigenvalue weighted by molar-refractivity contribution is 0.463. The molecule has 1 aliphatic heterocycles. The van der Waals surface area contributed by atoms with Gasteiger partial charge in [-0.2, -0.15) is 0 Å². The molecule has 23 heavy (non-hydrogen) atoms. The van der Waals surface area contributed by atoms with E-state index in [1.165, 1.54) is 12.5 Å². The van der Waals surface area contributed by atoms with E-state index in [-0.39, 0.29) is 16.7 Å². The number of hydrogen-bond acceptors (Lipinski definition) is 6. The predicted molar refractivity (Wildman–Crippen MR) is 88.4 cm³/mol. The fourth-order valence-electron chi connectivity index (χ4n) is 2.67. The molecule has 0 bridgehead atoms. The molecule has 2 aromatic rings. The van der Waals surface area contributed by atoms with Gasteiger partial charge in [0.1, 0.15) is 11.6 Å². The number of sulfone groups is 1. The van der Waals surface area contributed by atoms with Crippen LogP contribution in [0.1, 0.15) is 11.6 Å². The summed E-state index contributed by atoms with van der Waals surface area (Å²) in [7, 11) is -3.23. The van der Waals surface area contributed by atoms with Crippen molar-refractivity contribution in [2.45, 2.75) is 10.9 Å². The Labute approximate surface area is 135 Å². The number of piperazine rings is 1. The summed E-state index contributed by atoms with van der Waals surface area (Å²) in [6.07, 6.45) is 2.58. The highest BCUT2D eigenvalue weighted by molar-refractivity contribution is 7.90. The molecule has 0 aliphatic carbocycles. The van der Waals surface area contributed by atoms with Crippen LogP contribution >= 0.6 is 0 Å². The molecule has 0 amide bonds. The van der Waals surface area contributed by atoms with Crippen LogP contribution in [0.2, 0.25) is 0 Å². The average molecular weight is 333 g/mol. The minimum Gasteiger partial charge on any atom is -0.508 e. The second-order valence-electron chi connectivity index (χ2n) is 5.67. The van der Waals surface area contributed by atoms with Crippen molar-refractivity contribution in [3.63, 3.8) is 0 Å². The van der Waals surface area contributed by atoms with Gasteiger partial charge in [0.25, 0.3) is 0 Å². The second kappa shape index (κ2) is 6.17. The number of anilines is 1. The van der Waals surface area contributed by atoms with Crippen molar-refractivity contribution in [2.75, 3.05) is 30.8 Å². The van der Waals surface area contributed by atoms with Crippen LogP contribution in [0.4, 0.5) is 5.82 Å². The van der Waals surface area contributed by atoms with Crippen LogP contribution in [-0.4, -0.2) is 44.4 Å². The Morgan fingerprint density at radius 1 is 1.22 bits per heavy atom. The van der Waals surface area contributed by atoms with Crippen LogP contribution in [0.5, 0.6) is 5.75 Å². The average Bonchev–Trinajstić information content (AvgIpc) is 2.55. The molecule has 1 aromatic heterocycles. The number of aromatic nitrogens is 1. The molecule has 7 heteroatoms. The number of rotatable bonds is 3. The number of pyridine rings is 1. The van der Waals surface area contributed by atoms with Gasteiger partial charge >= 0.3 is 0 Å². The van der Waals surface area contributed by atoms with Gasteiger partial charge in [-0.3, -0.25) is 0 Å². The Morgan fingerprint density at radius 3 is 2.57 bits per heavy atom. The molecule has 1 unspecified atom stereocenters. The Bertz CT molecular complexity index is 773. The van der Waals surface area contributed by atoms with E-state index in [2.05, 4.69) is 15.2 Å². The van der Waals surface area contributed by atoms with Crippen molar-refractivity contribution in [1.29, 1.82) is 0 Å². The van der Waals surface area contributed by atoms with Crippen molar-refractivity contribution in [2.24, 2.45) is 0 Å². The van der Waals surface area contributed by atoms with E-state index in [1.54, 1.807) is 24.3 Å². The first-order chi connectivity index (χ1) is 10.9. The molecular formula is C16H19N3O3S. The highest BCUT2D eigenvalue weighted by Crippen LogP contribution is 2.23. The van der Waals surface area contributed by atoms with Crippen molar-refractivity contribution in [3.8, 4) is 5.75 Å². The number of nitrogens with zero attached hydrogens (tertiary/aromatic N) is 2. The van der Waals surface area contributed by atoms with Crippen LogP contribution in [0.15, 0.2) is 47.5 Å². The van der Waals surface area contributed by atoms with Crippen molar-refractivity contribution >= 4 is 15.7 Å². The van der Waals surface area contributed by atoms with Crippen molar-refractivity contribution in [1.82, 2.24) is 10.3 Å². The molecule has 2 heterocycles. The highest BCUT2D eigenvalue weighted by atomic mass is 32.2. The molecule has 0 saturated carbocycles. The lowest BCUT2D eigenvalue weighted by Gasteiger charge is -2.34. The maximum atomic E-state index is 11.5. The summed E-state index contributed by atoms with van der Waals surface area (Å²) in [5.41, 5.74) is 1.10. The normalized spacial score (nSPS) is 18.8. The van der Waals surface area contributed by atoms with Gasteiger partial charge in [0, 0.05) is 38.1 Å². The summed E-state index contributed by atoms with van der Waals surface area (Å²) in [4.78, 5) is 6.64. The van der Waals surface area contributed by atoms with Crippen LogP contribution in [0.3, 0.4) is 0 Å². The Kier molecular flexibility index (Phi) is 4.23. The Morgan fingerprint density at radius 2 is 1.96 bits per heavy atom. The first kappa shape index (κ1) is 15.8. The van der Waals surface area contributed by atoms with Crippen LogP contribution in [-0.2, 0) is 9.84 Å². The summed E-state index contributed by atoms with van der Waals surface area (Å²) in [5.74, 6) is 1.02. The van der Waals surface area contributed by atoms with E-state index in [9.17, 15) is 13.5 Å². The SMILES string of the molecule is CS(=O)(=O)c1ccc(N2CCNC(c3ccc(O)cc3)C2)nc1. The summed E-state index contributed by atoms with van der Waals surface area (Å²) >= 11 is 0. The van der Waals surface area contributed by atoms with Crippen LogP contribution < -0.4 is 10.2 Å². The fraction of sp³-hybridized carbons (Fsp3) is 0.312. The number of hydrogen-bond donors (Lipinski definition) is 2. The highest BCUT2D eigenvalue weighted by Gasteiger charge is 2.22. The number of aromatic hydroxyl groups is 1. The third-order valence-electron chi connectivity index (χ3n) is 3.94. The third kappa shape index (κ3) is 3.62. The molecule has 2 N–H and O–H groups in total. The summed E-state index contributed by atoms with van der Waals surface area (Å²) in [5, 5.41) is 12.8. The minimum atomic E-state index is -3.23. The first-order valence-electron chi connectivity index (χ1n) is 7.37. The Hall–Kier alpha value is -2.12. The number of phenolic OH excluding ortho intramolecular Hbond substituents is 1. The van der Waals surface area contributed by atoms with E-state index in [0.717, 1.165) is 31.0 Å². The van der Waals surface area contributed by atoms with E-state index in [0.29, 0.717) is 0 Å². The van der Waals surface area contributed by atoms with Crippen molar-refractivity contribution < 1.29 is 13.5 Å². The molecule has 3 rings (SSSR count). The van der Waals surface area contributed by atoms with Crippen LogP contribution in [0, 0.1) is 0 Å². The van der Waals surface area contributed by atoms with Gasteiger partial charge in [0.2, 0.25) is 0 Å². The first-order valence-corrected chi connectivity index (χ1v) is 9.26. The van der Waals surface area contributed by atoms with E-state index in [1.807, 2.05) is 12.1 Å². The smallest absolute Gasteiger partial charge is 0.177 e. The Balaban J connectivity index is 1.77. The molecule has 6 nitrogen and oxygen atoms in total. The van der Waals surface area contributed by atoms with Gasteiger partial charge in [-0.25, -0.2) is 13.4 Å². The minimum absolute atomic E-state index is 0.140. The second-order valence-corrected chi connectivity index (χ2v) is 7.68. The van der Waals surface area contributed by atoms with Crippen LogP contribution in [0.25, 0.3) is 0 Å². The number of nitrogens with one attached hydrogen (secondary N) is 1. The molecule has 0 spiro atoms. The fourth-order valence-corrected chi connectivity index (χ4v) is 3.23. The van der Waals surface area contributed by atoms with Gasteiger partial charge in [-0.1, -0.05) is 12.1 Å². The zero-order chi connectivity index (χ0) is 16.4. The lowest BCUT2D eigenvalue weighted by Crippen LogP contribution is -2.46. The molecule has 1 atom stereocenters. The zero-order valence-corrected chi connectivity index (χ0v) is 13.6.